The van der Waals surface area contributed by atoms with Crippen LogP contribution in [0.2, 0.25) is 0 Å². The van der Waals surface area contributed by atoms with Gasteiger partial charge >= 0.3 is 0 Å². The number of nitrogens with zero attached hydrogens (tertiary/aromatic N) is 1. The van der Waals surface area contributed by atoms with Gasteiger partial charge < -0.3 is 10.6 Å². The Labute approximate surface area is 125 Å². The molecule has 1 aromatic carbocycles. The lowest BCUT2D eigenvalue weighted by molar-refractivity contribution is 0.721. The predicted octanol–water partition coefficient (Wildman–Crippen LogP) is 3.75. The minimum atomic E-state index is 0.143. The molecule has 0 radical (unpaired) electrons. The molecule has 1 unspecified atom stereocenters. The van der Waals surface area contributed by atoms with Crippen LogP contribution in [0.4, 0.5) is 5.69 Å². The third-order valence-electron chi connectivity index (χ3n) is 3.03. The van der Waals surface area contributed by atoms with Crippen molar-refractivity contribution in [1.82, 2.24) is 10.3 Å². The molecule has 1 aromatic heterocycles. The Morgan fingerprint density at radius 2 is 1.70 bits per heavy atom. The van der Waals surface area contributed by atoms with Crippen LogP contribution >= 0.6 is 12.2 Å². The molecule has 2 rings (SSSR count). The summed E-state index contributed by atoms with van der Waals surface area (Å²) in [6, 6.07) is 10.4. The zero-order chi connectivity index (χ0) is 14.5. The summed E-state index contributed by atoms with van der Waals surface area (Å²) in [5, 5.41) is 7.13. The van der Waals surface area contributed by atoms with Crippen LogP contribution in [0.15, 0.2) is 42.7 Å². The maximum atomic E-state index is 5.36. The summed E-state index contributed by atoms with van der Waals surface area (Å²) in [7, 11) is 0. The normalized spacial score (nSPS) is 11.8. The van der Waals surface area contributed by atoms with E-state index in [-0.39, 0.29) is 6.04 Å². The highest BCUT2D eigenvalue weighted by atomic mass is 32.1. The molecule has 2 N–H and O–H groups in total. The Kier molecular flexibility index (Phi) is 4.69. The monoisotopic (exact) mass is 285 g/mol. The number of rotatable bonds is 3. The fraction of sp³-hybridized carbons (Fsp3) is 0.250. The van der Waals surface area contributed by atoms with E-state index in [1.54, 1.807) is 12.4 Å². The second-order valence-electron chi connectivity index (χ2n) is 4.98. The van der Waals surface area contributed by atoms with E-state index in [1.807, 2.05) is 12.1 Å². The molecule has 0 saturated carbocycles. The van der Waals surface area contributed by atoms with Crippen molar-refractivity contribution in [3.8, 4) is 0 Å². The topological polar surface area (TPSA) is 37.0 Å². The molecule has 0 fully saturated rings. The number of anilines is 1. The maximum Gasteiger partial charge on any atom is 0.171 e. The summed E-state index contributed by atoms with van der Waals surface area (Å²) in [4.78, 5) is 4.02. The SMILES string of the molecule is Cc1cc(C)cc(NC(=S)NC(C)c2ccncc2)c1. The smallest absolute Gasteiger partial charge is 0.171 e. The molecule has 0 aliphatic heterocycles. The van der Waals surface area contributed by atoms with Crippen LogP contribution in [0.25, 0.3) is 0 Å². The Balaban J connectivity index is 1.99. The van der Waals surface area contributed by atoms with Crippen molar-refractivity contribution in [2.24, 2.45) is 0 Å². The van der Waals surface area contributed by atoms with E-state index in [0.29, 0.717) is 5.11 Å². The van der Waals surface area contributed by atoms with Crippen molar-refractivity contribution in [2.45, 2.75) is 26.8 Å². The molecule has 0 aliphatic carbocycles. The van der Waals surface area contributed by atoms with E-state index in [9.17, 15) is 0 Å². The molecule has 104 valence electrons. The number of aromatic nitrogens is 1. The minimum Gasteiger partial charge on any atom is -0.356 e. The summed E-state index contributed by atoms with van der Waals surface area (Å²) < 4.78 is 0. The zero-order valence-electron chi connectivity index (χ0n) is 12.0. The molecule has 1 heterocycles. The fourth-order valence-electron chi connectivity index (χ4n) is 2.15. The van der Waals surface area contributed by atoms with Gasteiger partial charge in [-0.05, 0) is 73.9 Å². The first kappa shape index (κ1) is 14.5. The molecule has 2 aromatic rings. The first-order chi connectivity index (χ1) is 9.54. The van der Waals surface area contributed by atoms with Crippen molar-refractivity contribution >= 4 is 23.0 Å². The fourth-order valence-corrected chi connectivity index (χ4v) is 2.44. The van der Waals surface area contributed by atoms with Gasteiger partial charge in [-0.3, -0.25) is 4.98 Å². The molecular weight excluding hydrogens is 266 g/mol. The number of aryl methyl sites for hydroxylation is 2. The second kappa shape index (κ2) is 6.48. The van der Waals surface area contributed by atoms with E-state index in [0.717, 1.165) is 11.3 Å². The Morgan fingerprint density at radius 3 is 2.30 bits per heavy atom. The highest BCUT2D eigenvalue weighted by Crippen LogP contribution is 2.15. The minimum absolute atomic E-state index is 0.143. The van der Waals surface area contributed by atoms with E-state index >= 15 is 0 Å². The molecule has 3 nitrogen and oxygen atoms in total. The van der Waals surface area contributed by atoms with Crippen molar-refractivity contribution < 1.29 is 0 Å². The van der Waals surface area contributed by atoms with Crippen molar-refractivity contribution in [3.05, 3.63) is 59.4 Å². The van der Waals surface area contributed by atoms with Gasteiger partial charge in [-0.15, -0.1) is 0 Å². The van der Waals surface area contributed by atoms with Crippen LogP contribution in [0.3, 0.4) is 0 Å². The number of benzene rings is 1. The van der Waals surface area contributed by atoms with Gasteiger partial charge in [0.15, 0.2) is 5.11 Å². The molecule has 20 heavy (non-hydrogen) atoms. The first-order valence-corrected chi connectivity index (χ1v) is 7.01. The third-order valence-corrected chi connectivity index (χ3v) is 3.25. The number of hydrogen-bond acceptors (Lipinski definition) is 2. The largest absolute Gasteiger partial charge is 0.356 e. The van der Waals surface area contributed by atoms with Gasteiger partial charge in [0.05, 0.1) is 6.04 Å². The Morgan fingerprint density at radius 1 is 1.10 bits per heavy atom. The predicted molar refractivity (Wildman–Crippen MR) is 87.9 cm³/mol. The van der Waals surface area contributed by atoms with E-state index < -0.39 is 0 Å². The summed E-state index contributed by atoms with van der Waals surface area (Å²) in [6.07, 6.45) is 3.57. The van der Waals surface area contributed by atoms with Crippen LogP contribution in [-0.2, 0) is 0 Å². The average Bonchev–Trinajstić information content (AvgIpc) is 2.38. The van der Waals surface area contributed by atoms with Crippen LogP contribution in [-0.4, -0.2) is 10.1 Å². The number of nitrogens with one attached hydrogen (secondary N) is 2. The van der Waals surface area contributed by atoms with Crippen LogP contribution in [0.5, 0.6) is 0 Å². The Hall–Kier alpha value is -1.94. The molecule has 0 saturated heterocycles. The molecule has 1 atom stereocenters. The number of hydrogen-bond donors (Lipinski definition) is 2. The maximum absolute atomic E-state index is 5.36. The lowest BCUT2D eigenvalue weighted by Crippen LogP contribution is -2.30. The van der Waals surface area contributed by atoms with Gasteiger partial charge in [0.25, 0.3) is 0 Å². The molecule has 0 amide bonds. The quantitative estimate of drug-likeness (QED) is 0.842. The summed E-state index contributed by atoms with van der Waals surface area (Å²) in [5.74, 6) is 0. The molecular formula is C16H19N3S. The van der Waals surface area contributed by atoms with Gasteiger partial charge in [-0.2, -0.15) is 0 Å². The summed E-state index contributed by atoms with van der Waals surface area (Å²) in [6.45, 7) is 6.23. The lowest BCUT2D eigenvalue weighted by atomic mass is 10.1. The number of thiocarbonyl (C=S) groups is 1. The Bertz CT molecular complexity index is 576. The van der Waals surface area contributed by atoms with E-state index in [2.05, 4.69) is 54.6 Å². The number of pyridine rings is 1. The van der Waals surface area contributed by atoms with Crippen LogP contribution in [0.1, 0.15) is 29.7 Å². The van der Waals surface area contributed by atoms with E-state index in [1.165, 1.54) is 11.1 Å². The van der Waals surface area contributed by atoms with Crippen LogP contribution in [0, 0.1) is 13.8 Å². The average molecular weight is 285 g/mol. The van der Waals surface area contributed by atoms with Gasteiger partial charge in [-0.25, -0.2) is 0 Å². The van der Waals surface area contributed by atoms with Gasteiger partial charge in [-0.1, -0.05) is 6.07 Å². The standard InChI is InChI=1S/C16H19N3S/c1-11-8-12(2)10-15(9-11)19-16(20)18-13(3)14-4-6-17-7-5-14/h4-10,13H,1-3H3,(H2,18,19,20). The van der Waals surface area contributed by atoms with Gasteiger partial charge in [0.2, 0.25) is 0 Å². The van der Waals surface area contributed by atoms with Gasteiger partial charge in [0, 0.05) is 18.1 Å². The van der Waals surface area contributed by atoms with Crippen LogP contribution < -0.4 is 10.6 Å². The summed E-state index contributed by atoms with van der Waals surface area (Å²) in [5.41, 5.74) is 4.61. The summed E-state index contributed by atoms with van der Waals surface area (Å²) >= 11 is 5.36. The highest BCUT2D eigenvalue weighted by Gasteiger charge is 2.07. The lowest BCUT2D eigenvalue weighted by Gasteiger charge is -2.17. The van der Waals surface area contributed by atoms with Crippen molar-refractivity contribution in [2.75, 3.05) is 5.32 Å². The third kappa shape index (κ3) is 4.03. The molecule has 0 bridgehead atoms. The van der Waals surface area contributed by atoms with E-state index in [4.69, 9.17) is 12.2 Å². The van der Waals surface area contributed by atoms with Crippen molar-refractivity contribution in [1.29, 1.82) is 0 Å². The second-order valence-corrected chi connectivity index (χ2v) is 5.39. The molecule has 4 heteroatoms. The van der Waals surface area contributed by atoms with Gasteiger partial charge in [0.1, 0.15) is 0 Å². The highest BCUT2D eigenvalue weighted by molar-refractivity contribution is 7.80. The first-order valence-electron chi connectivity index (χ1n) is 6.60. The molecule has 0 aliphatic rings. The van der Waals surface area contributed by atoms with Crippen molar-refractivity contribution in [3.63, 3.8) is 0 Å². The molecule has 0 spiro atoms. The zero-order valence-corrected chi connectivity index (χ0v) is 12.8.